The van der Waals surface area contributed by atoms with Gasteiger partial charge in [-0.15, -0.1) is 11.3 Å². The van der Waals surface area contributed by atoms with Gasteiger partial charge in [-0.1, -0.05) is 32.0 Å². The number of benzene rings is 1. The maximum atomic E-state index is 4.70. The van der Waals surface area contributed by atoms with Crippen molar-refractivity contribution in [2.45, 2.75) is 32.7 Å². The smallest absolute Gasteiger partial charge is 0.127 e. The Kier molecular flexibility index (Phi) is 3.88. The Hall–Kier alpha value is -1.94. The maximum absolute atomic E-state index is 4.70. The van der Waals surface area contributed by atoms with Gasteiger partial charge in [0.1, 0.15) is 5.82 Å². The van der Waals surface area contributed by atoms with E-state index in [2.05, 4.69) is 48.6 Å². The largest absolute Gasteiger partial charge is 0.362 e. The normalized spacial score (nSPS) is 12.8. The molecule has 0 amide bonds. The minimum atomic E-state index is 0.155. The van der Waals surface area contributed by atoms with E-state index in [-0.39, 0.29) is 6.04 Å². The first-order valence-electron chi connectivity index (χ1n) is 7.21. The molecule has 2 heterocycles. The highest BCUT2D eigenvalue weighted by molar-refractivity contribution is 7.09. The second-order valence-corrected chi connectivity index (χ2v) is 6.41. The summed E-state index contributed by atoms with van der Waals surface area (Å²) in [6.45, 7) is 6.47. The SMILES string of the molecule is CC(C)c1nc(C(C)Nc2ccc3ccccc3n2)cs1. The van der Waals surface area contributed by atoms with E-state index in [9.17, 15) is 0 Å². The first kappa shape index (κ1) is 14.0. The minimum absolute atomic E-state index is 0.155. The second-order valence-electron chi connectivity index (χ2n) is 5.52. The molecule has 0 radical (unpaired) electrons. The predicted molar refractivity (Wildman–Crippen MR) is 90.0 cm³/mol. The van der Waals surface area contributed by atoms with Crippen LogP contribution in [0.5, 0.6) is 0 Å². The Morgan fingerprint density at radius 1 is 1.00 bits per heavy atom. The lowest BCUT2D eigenvalue weighted by atomic mass is 10.2. The summed E-state index contributed by atoms with van der Waals surface area (Å²) in [6.07, 6.45) is 0. The third-order valence-corrected chi connectivity index (χ3v) is 4.60. The number of thiazole rings is 1. The molecule has 0 aliphatic heterocycles. The van der Waals surface area contributed by atoms with Crippen LogP contribution in [0.1, 0.15) is 43.4 Å². The standard InChI is InChI=1S/C17H19N3S/c1-11(2)17-20-15(10-21-17)12(3)18-16-9-8-13-6-4-5-7-14(13)19-16/h4-12H,1-3H3,(H,18,19). The van der Waals surface area contributed by atoms with Crippen molar-refractivity contribution in [1.82, 2.24) is 9.97 Å². The fraction of sp³-hybridized carbons (Fsp3) is 0.294. The molecule has 108 valence electrons. The lowest BCUT2D eigenvalue weighted by Crippen LogP contribution is -2.08. The summed E-state index contributed by atoms with van der Waals surface area (Å²) < 4.78 is 0. The highest BCUT2D eigenvalue weighted by Crippen LogP contribution is 2.25. The van der Waals surface area contributed by atoms with Crippen LogP contribution in [-0.4, -0.2) is 9.97 Å². The van der Waals surface area contributed by atoms with Crippen molar-refractivity contribution in [3.63, 3.8) is 0 Å². The first-order chi connectivity index (χ1) is 10.1. The summed E-state index contributed by atoms with van der Waals surface area (Å²) in [6, 6.07) is 12.4. The van der Waals surface area contributed by atoms with Gasteiger partial charge in [-0.2, -0.15) is 0 Å². The van der Waals surface area contributed by atoms with Gasteiger partial charge in [0.25, 0.3) is 0 Å². The van der Waals surface area contributed by atoms with Crippen LogP contribution >= 0.6 is 11.3 Å². The van der Waals surface area contributed by atoms with E-state index in [1.54, 1.807) is 11.3 Å². The summed E-state index contributed by atoms with van der Waals surface area (Å²) in [7, 11) is 0. The molecule has 0 spiro atoms. The molecule has 3 rings (SSSR count). The van der Waals surface area contributed by atoms with Gasteiger partial charge in [-0.25, -0.2) is 9.97 Å². The summed E-state index contributed by atoms with van der Waals surface area (Å²) >= 11 is 1.73. The summed E-state index contributed by atoms with van der Waals surface area (Å²) in [4.78, 5) is 9.34. The highest BCUT2D eigenvalue weighted by Gasteiger charge is 2.12. The molecule has 4 heteroatoms. The molecule has 21 heavy (non-hydrogen) atoms. The Balaban J connectivity index is 1.80. The Bertz CT molecular complexity index is 748. The monoisotopic (exact) mass is 297 g/mol. The van der Waals surface area contributed by atoms with Gasteiger partial charge in [-0.3, -0.25) is 0 Å². The van der Waals surface area contributed by atoms with Crippen molar-refractivity contribution in [1.29, 1.82) is 0 Å². The van der Waals surface area contributed by atoms with Crippen molar-refractivity contribution >= 4 is 28.1 Å². The number of hydrogen-bond acceptors (Lipinski definition) is 4. The second kappa shape index (κ2) is 5.82. The third kappa shape index (κ3) is 3.05. The molecule has 3 nitrogen and oxygen atoms in total. The van der Waals surface area contributed by atoms with Gasteiger partial charge in [0.2, 0.25) is 0 Å². The van der Waals surface area contributed by atoms with Crippen LogP contribution in [0.25, 0.3) is 10.9 Å². The molecule has 0 saturated heterocycles. The molecule has 0 aliphatic carbocycles. The minimum Gasteiger partial charge on any atom is -0.362 e. The van der Waals surface area contributed by atoms with Crippen LogP contribution < -0.4 is 5.32 Å². The molecule has 2 aromatic heterocycles. The average molecular weight is 297 g/mol. The molecular formula is C17H19N3S. The van der Waals surface area contributed by atoms with Gasteiger partial charge in [0, 0.05) is 16.7 Å². The van der Waals surface area contributed by atoms with Crippen LogP contribution in [0.3, 0.4) is 0 Å². The molecule has 1 atom stereocenters. The molecule has 1 unspecified atom stereocenters. The number of fused-ring (bicyclic) bond motifs is 1. The van der Waals surface area contributed by atoms with Crippen LogP contribution in [0.2, 0.25) is 0 Å². The lowest BCUT2D eigenvalue weighted by molar-refractivity contribution is 0.799. The molecule has 3 aromatic rings. The zero-order valence-electron chi connectivity index (χ0n) is 12.5. The van der Waals surface area contributed by atoms with Gasteiger partial charge >= 0.3 is 0 Å². The average Bonchev–Trinajstić information content (AvgIpc) is 2.97. The quantitative estimate of drug-likeness (QED) is 0.737. The Morgan fingerprint density at radius 2 is 1.81 bits per heavy atom. The molecule has 0 aliphatic rings. The maximum Gasteiger partial charge on any atom is 0.127 e. The number of pyridine rings is 1. The molecule has 0 saturated carbocycles. The van der Waals surface area contributed by atoms with E-state index in [0.29, 0.717) is 5.92 Å². The van der Waals surface area contributed by atoms with Crippen molar-refractivity contribution in [3.8, 4) is 0 Å². The molecule has 0 bridgehead atoms. The Labute approximate surface area is 129 Å². The van der Waals surface area contributed by atoms with E-state index < -0.39 is 0 Å². The molecule has 1 N–H and O–H groups in total. The predicted octanol–water partition coefficient (Wildman–Crippen LogP) is 4.99. The van der Waals surface area contributed by atoms with Gasteiger partial charge in [-0.05, 0) is 25.1 Å². The van der Waals surface area contributed by atoms with E-state index in [0.717, 1.165) is 22.4 Å². The molecule has 1 aromatic carbocycles. The van der Waals surface area contributed by atoms with E-state index in [1.165, 1.54) is 5.01 Å². The lowest BCUT2D eigenvalue weighted by Gasteiger charge is -2.13. The van der Waals surface area contributed by atoms with Crippen LogP contribution in [0.15, 0.2) is 41.8 Å². The molecular weight excluding hydrogens is 278 g/mol. The topological polar surface area (TPSA) is 37.8 Å². The number of nitrogens with one attached hydrogen (secondary N) is 1. The fourth-order valence-corrected chi connectivity index (χ4v) is 3.14. The molecule has 0 fully saturated rings. The number of rotatable bonds is 4. The number of para-hydroxylation sites is 1. The zero-order chi connectivity index (χ0) is 14.8. The van der Waals surface area contributed by atoms with Crippen molar-refractivity contribution in [3.05, 3.63) is 52.5 Å². The number of anilines is 1. The Morgan fingerprint density at radius 3 is 2.57 bits per heavy atom. The highest BCUT2D eigenvalue weighted by atomic mass is 32.1. The van der Waals surface area contributed by atoms with Crippen LogP contribution in [0, 0.1) is 0 Å². The van der Waals surface area contributed by atoms with Gasteiger partial charge in [0.15, 0.2) is 0 Å². The van der Waals surface area contributed by atoms with E-state index in [1.807, 2.05) is 24.3 Å². The van der Waals surface area contributed by atoms with E-state index >= 15 is 0 Å². The van der Waals surface area contributed by atoms with E-state index in [4.69, 9.17) is 4.98 Å². The van der Waals surface area contributed by atoms with Crippen LogP contribution in [0.4, 0.5) is 5.82 Å². The number of nitrogens with zero attached hydrogens (tertiary/aromatic N) is 2. The van der Waals surface area contributed by atoms with Crippen LogP contribution in [-0.2, 0) is 0 Å². The number of hydrogen-bond donors (Lipinski definition) is 1. The number of aromatic nitrogens is 2. The van der Waals surface area contributed by atoms with Crippen molar-refractivity contribution in [2.24, 2.45) is 0 Å². The zero-order valence-corrected chi connectivity index (χ0v) is 13.3. The first-order valence-corrected chi connectivity index (χ1v) is 8.09. The van der Waals surface area contributed by atoms with Gasteiger partial charge in [0.05, 0.1) is 22.3 Å². The van der Waals surface area contributed by atoms with Crippen molar-refractivity contribution in [2.75, 3.05) is 5.32 Å². The summed E-state index contributed by atoms with van der Waals surface area (Å²) in [5, 5.41) is 7.91. The summed E-state index contributed by atoms with van der Waals surface area (Å²) in [5.74, 6) is 1.37. The van der Waals surface area contributed by atoms with Gasteiger partial charge < -0.3 is 5.32 Å². The fourth-order valence-electron chi connectivity index (χ4n) is 2.21. The van der Waals surface area contributed by atoms with Crippen molar-refractivity contribution < 1.29 is 0 Å². The third-order valence-electron chi connectivity index (χ3n) is 3.44. The summed E-state index contributed by atoms with van der Waals surface area (Å²) in [5.41, 5.74) is 2.09.